The molecule has 3 heteroatoms. The molecule has 0 amide bonds. The van der Waals surface area contributed by atoms with Crippen LogP contribution in [0.15, 0.2) is 0 Å². The predicted octanol–water partition coefficient (Wildman–Crippen LogP) is 4.34. The van der Waals surface area contributed by atoms with Gasteiger partial charge >= 0.3 is 5.97 Å². The van der Waals surface area contributed by atoms with Crippen molar-refractivity contribution in [2.24, 2.45) is 5.92 Å². The maximum absolute atomic E-state index is 12.0. The highest BCUT2D eigenvalue weighted by Crippen LogP contribution is 2.11. The first-order chi connectivity index (χ1) is 9.11. The highest BCUT2D eigenvalue weighted by molar-refractivity contribution is 5.74. The summed E-state index contributed by atoms with van der Waals surface area (Å²) in [7, 11) is 0. The quantitative estimate of drug-likeness (QED) is 0.391. The summed E-state index contributed by atoms with van der Waals surface area (Å²) in [4.78, 5) is 12.0. The Bertz CT molecular complexity index is 214. The Morgan fingerprint density at radius 1 is 0.947 bits per heavy atom. The van der Waals surface area contributed by atoms with Crippen molar-refractivity contribution in [2.45, 2.75) is 78.7 Å². The minimum absolute atomic E-state index is 0.179. The predicted molar refractivity (Wildman–Crippen MR) is 79.2 cm³/mol. The summed E-state index contributed by atoms with van der Waals surface area (Å²) < 4.78 is 11.0. The van der Waals surface area contributed by atoms with Gasteiger partial charge in [0.2, 0.25) is 0 Å². The molecule has 0 radical (unpaired) electrons. The third-order valence-electron chi connectivity index (χ3n) is 3.01. The van der Waals surface area contributed by atoms with E-state index in [1.807, 2.05) is 0 Å². The molecule has 0 rings (SSSR count). The van der Waals surface area contributed by atoms with E-state index < -0.39 is 0 Å². The van der Waals surface area contributed by atoms with Gasteiger partial charge in [0.15, 0.2) is 6.10 Å². The lowest BCUT2D eigenvalue weighted by molar-refractivity contribution is -0.158. The fraction of sp³-hybridized carbons (Fsp3) is 0.938. The molecule has 0 heterocycles. The lowest BCUT2D eigenvalue weighted by atomic mass is 10.1. The van der Waals surface area contributed by atoms with Gasteiger partial charge in [-0.15, -0.1) is 0 Å². The molecule has 0 N–H and O–H groups in total. The first kappa shape index (κ1) is 18.4. The second-order valence-electron chi connectivity index (χ2n) is 5.57. The maximum atomic E-state index is 12.0. The molecule has 0 saturated heterocycles. The lowest BCUT2D eigenvalue weighted by Crippen LogP contribution is -2.29. The maximum Gasteiger partial charge on any atom is 0.335 e. The van der Waals surface area contributed by atoms with Gasteiger partial charge in [0.25, 0.3) is 0 Å². The van der Waals surface area contributed by atoms with E-state index in [4.69, 9.17) is 9.47 Å². The van der Waals surface area contributed by atoms with E-state index in [2.05, 4.69) is 27.7 Å². The van der Waals surface area contributed by atoms with Gasteiger partial charge in [-0.2, -0.15) is 0 Å². The molecule has 0 spiro atoms. The Kier molecular flexibility index (Phi) is 12.1. The summed E-state index contributed by atoms with van der Waals surface area (Å²) in [6.45, 7) is 9.70. The van der Waals surface area contributed by atoms with E-state index in [0.717, 1.165) is 38.5 Å². The van der Waals surface area contributed by atoms with Gasteiger partial charge in [-0.3, -0.25) is 0 Å². The normalized spacial score (nSPS) is 12.7. The largest absolute Gasteiger partial charge is 0.464 e. The van der Waals surface area contributed by atoms with Crippen LogP contribution in [0.4, 0.5) is 0 Å². The molecule has 0 aromatic heterocycles. The average molecular weight is 272 g/mol. The molecule has 0 aliphatic carbocycles. The number of hydrogen-bond acceptors (Lipinski definition) is 3. The van der Waals surface area contributed by atoms with Gasteiger partial charge in [0.1, 0.15) is 0 Å². The topological polar surface area (TPSA) is 35.5 Å². The van der Waals surface area contributed by atoms with Gasteiger partial charge in [-0.25, -0.2) is 4.79 Å². The SMILES string of the molecule is CCCCCOC(=O)C(CC(C)C)OCCCCC. The Balaban J connectivity index is 3.97. The van der Waals surface area contributed by atoms with Crippen LogP contribution in [0.3, 0.4) is 0 Å². The molecule has 0 bridgehead atoms. The highest BCUT2D eigenvalue weighted by Gasteiger charge is 2.21. The van der Waals surface area contributed by atoms with Crippen molar-refractivity contribution in [3.05, 3.63) is 0 Å². The molecule has 19 heavy (non-hydrogen) atoms. The van der Waals surface area contributed by atoms with Crippen molar-refractivity contribution in [1.82, 2.24) is 0 Å². The van der Waals surface area contributed by atoms with Crippen LogP contribution in [-0.4, -0.2) is 25.3 Å². The zero-order valence-electron chi connectivity index (χ0n) is 13.2. The Hall–Kier alpha value is -0.570. The summed E-state index contributed by atoms with van der Waals surface area (Å²) >= 11 is 0. The molecule has 1 unspecified atom stereocenters. The van der Waals surface area contributed by atoms with E-state index >= 15 is 0 Å². The molecular weight excluding hydrogens is 240 g/mol. The monoisotopic (exact) mass is 272 g/mol. The minimum atomic E-state index is -0.376. The lowest BCUT2D eigenvalue weighted by Gasteiger charge is -2.18. The van der Waals surface area contributed by atoms with Crippen LogP contribution in [0.5, 0.6) is 0 Å². The second-order valence-corrected chi connectivity index (χ2v) is 5.57. The zero-order valence-corrected chi connectivity index (χ0v) is 13.2. The van der Waals surface area contributed by atoms with Crippen LogP contribution < -0.4 is 0 Å². The fourth-order valence-corrected chi connectivity index (χ4v) is 1.86. The van der Waals surface area contributed by atoms with E-state index in [1.54, 1.807) is 0 Å². The molecular formula is C16H32O3. The number of carbonyl (C=O) groups excluding carboxylic acids is 1. The Morgan fingerprint density at radius 3 is 2.05 bits per heavy atom. The van der Waals surface area contributed by atoms with Crippen molar-refractivity contribution in [3.63, 3.8) is 0 Å². The van der Waals surface area contributed by atoms with E-state index in [1.165, 1.54) is 6.42 Å². The molecule has 1 atom stereocenters. The molecule has 3 nitrogen and oxygen atoms in total. The number of rotatable bonds is 12. The van der Waals surface area contributed by atoms with Crippen LogP contribution in [-0.2, 0) is 14.3 Å². The molecule has 0 saturated carbocycles. The van der Waals surface area contributed by atoms with Crippen molar-refractivity contribution in [1.29, 1.82) is 0 Å². The molecule has 0 aliphatic rings. The fourth-order valence-electron chi connectivity index (χ4n) is 1.86. The Morgan fingerprint density at radius 2 is 1.53 bits per heavy atom. The third-order valence-corrected chi connectivity index (χ3v) is 3.01. The van der Waals surface area contributed by atoms with Crippen LogP contribution in [0, 0.1) is 5.92 Å². The van der Waals surface area contributed by atoms with Crippen LogP contribution in [0.1, 0.15) is 72.6 Å². The summed E-state index contributed by atoms with van der Waals surface area (Å²) in [6.07, 6.45) is 6.91. The standard InChI is InChI=1S/C16H32O3/c1-5-7-9-11-18-15(13-14(3)4)16(17)19-12-10-8-6-2/h14-15H,5-13H2,1-4H3. The molecule has 114 valence electrons. The van der Waals surface area contributed by atoms with Crippen molar-refractivity contribution in [3.8, 4) is 0 Å². The van der Waals surface area contributed by atoms with E-state index in [-0.39, 0.29) is 12.1 Å². The number of esters is 1. The number of carbonyl (C=O) groups is 1. The van der Waals surface area contributed by atoms with Gasteiger partial charge in [0, 0.05) is 6.61 Å². The van der Waals surface area contributed by atoms with E-state index in [0.29, 0.717) is 19.1 Å². The smallest absolute Gasteiger partial charge is 0.335 e. The summed E-state index contributed by atoms with van der Waals surface area (Å²) in [6, 6.07) is 0. The van der Waals surface area contributed by atoms with Crippen LogP contribution in [0.25, 0.3) is 0 Å². The van der Waals surface area contributed by atoms with Gasteiger partial charge in [-0.1, -0.05) is 53.4 Å². The van der Waals surface area contributed by atoms with Crippen molar-refractivity contribution >= 4 is 5.97 Å². The van der Waals surface area contributed by atoms with Crippen molar-refractivity contribution in [2.75, 3.05) is 13.2 Å². The molecule has 0 aliphatic heterocycles. The van der Waals surface area contributed by atoms with E-state index in [9.17, 15) is 4.79 Å². The highest BCUT2D eigenvalue weighted by atomic mass is 16.6. The first-order valence-corrected chi connectivity index (χ1v) is 7.90. The first-order valence-electron chi connectivity index (χ1n) is 7.90. The molecule has 0 aromatic rings. The number of hydrogen-bond donors (Lipinski definition) is 0. The molecule has 0 aromatic carbocycles. The second kappa shape index (κ2) is 12.5. The summed E-state index contributed by atoms with van der Waals surface area (Å²) in [5.74, 6) is 0.265. The molecule has 0 fully saturated rings. The van der Waals surface area contributed by atoms with Crippen LogP contribution >= 0.6 is 0 Å². The average Bonchev–Trinajstić information content (AvgIpc) is 2.37. The van der Waals surface area contributed by atoms with Gasteiger partial charge < -0.3 is 9.47 Å². The van der Waals surface area contributed by atoms with Crippen LogP contribution in [0.2, 0.25) is 0 Å². The van der Waals surface area contributed by atoms with Crippen molar-refractivity contribution < 1.29 is 14.3 Å². The zero-order chi connectivity index (χ0) is 14.5. The minimum Gasteiger partial charge on any atom is -0.464 e. The van der Waals surface area contributed by atoms with Gasteiger partial charge in [-0.05, 0) is 25.2 Å². The summed E-state index contributed by atoms with van der Waals surface area (Å²) in [5, 5.41) is 0. The number of unbranched alkanes of at least 4 members (excludes halogenated alkanes) is 4. The Labute approximate surface area is 119 Å². The third kappa shape index (κ3) is 11.0. The van der Waals surface area contributed by atoms with Gasteiger partial charge in [0.05, 0.1) is 6.61 Å². The summed E-state index contributed by atoms with van der Waals surface area (Å²) in [5.41, 5.74) is 0. The number of ether oxygens (including phenoxy) is 2.